The van der Waals surface area contributed by atoms with Crippen LogP contribution in [-0.2, 0) is 0 Å². The number of hydrogen-bond donors (Lipinski definition) is 2. The van der Waals surface area contributed by atoms with Crippen molar-refractivity contribution in [2.45, 2.75) is 19.3 Å². The minimum absolute atomic E-state index is 0.405. The summed E-state index contributed by atoms with van der Waals surface area (Å²) in [4.78, 5) is 17.3. The predicted octanol–water partition coefficient (Wildman–Crippen LogP) is 1.40. The van der Waals surface area contributed by atoms with Gasteiger partial charge in [-0.25, -0.2) is 15.0 Å². The average Bonchev–Trinajstić information content (AvgIpc) is 2.93. The monoisotopic (exact) mass is 256 g/mol. The highest BCUT2D eigenvalue weighted by atomic mass is 15.1. The molecule has 0 aliphatic carbocycles. The van der Waals surface area contributed by atoms with Crippen LogP contribution in [0.25, 0.3) is 0 Å². The van der Waals surface area contributed by atoms with Crippen molar-refractivity contribution in [2.24, 2.45) is 0 Å². The summed E-state index contributed by atoms with van der Waals surface area (Å²) in [5.41, 5.74) is 0.961. The molecule has 0 aromatic carbocycles. The molecule has 98 valence electrons. The maximum atomic E-state index is 4.58. The van der Waals surface area contributed by atoms with Crippen molar-refractivity contribution in [3.8, 4) is 0 Å². The first-order valence-electron chi connectivity index (χ1n) is 6.40. The third-order valence-electron chi connectivity index (χ3n) is 3.12. The van der Waals surface area contributed by atoms with Crippen LogP contribution < -0.4 is 10.6 Å². The lowest BCUT2D eigenvalue weighted by atomic mass is 10.1. The molecule has 0 saturated carbocycles. The van der Waals surface area contributed by atoms with E-state index < -0.39 is 0 Å². The summed E-state index contributed by atoms with van der Waals surface area (Å²) in [6.45, 7) is 3.97. The zero-order valence-electron chi connectivity index (χ0n) is 10.8. The van der Waals surface area contributed by atoms with Crippen LogP contribution in [0.2, 0.25) is 0 Å². The van der Waals surface area contributed by atoms with Gasteiger partial charge in [0.15, 0.2) is 0 Å². The summed E-state index contributed by atoms with van der Waals surface area (Å²) in [5, 5.41) is 6.50. The highest BCUT2D eigenvalue weighted by molar-refractivity contribution is 5.50. The van der Waals surface area contributed by atoms with Crippen LogP contribution in [0, 0.1) is 6.92 Å². The van der Waals surface area contributed by atoms with Gasteiger partial charge in [-0.15, -0.1) is 0 Å². The minimum Gasteiger partial charge on any atom is -0.324 e. The van der Waals surface area contributed by atoms with Gasteiger partial charge in [0.25, 0.3) is 0 Å². The zero-order chi connectivity index (χ0) is 13.1. The lowest BCUT2D eigenvalue weighted by molar-refractivity contribution is 0.698. The SMILES string of the molecule is Cc1cc(Nc2cnccn2)nc(C2CCNC2)n1. The molecule has 0 spiro atoms. The normalized spacial score (nSPS) is 18.5. The van der Waals surface area contributed by atoms with Gasteiger partial charge in [-0.3, -0.25) is 4.98 Å². The van der Waals surface area contributed by atoms with E-state index in [1.165, 1.54) is 0 Å². The minimum atomic E-state index is 0.405. The van der Waals surface area contributed by atoms with Crippen LogP contribution in [0.3, 0.4) is 0 Å². The van der Waals surface area contributed by atoms with Gasteiger partial charge in [0.2, 0.25) is 0 Å². The van der Waals surface area contributed by atoms with Crippen molar-refractivity contribution < 1.29 is 0 Å². The molecule has 0 radical (unpaired) electrons. The van der Waals surface area contributed by atoms with E-state index in [1.807, 2.05) is 13.0 Å². The molecule has 1 aliphatic rings. The molecular formula is C13H16N6. The number of aromatic nitrogens is 4. The van der Waals surface area contributed by atoms with Crippen molar-refractivity contribution in [2.75, 3.05) is 18.4 Å². The van der Waals surface area contributed by atoms with Crippen LogP contribution >= 0.6 is 0 Å². The molecule has 6 nitrogen and oxygen atoms in total. The van der Waals surface area contributed by atoms with Gasteiger partial charge in [-0.1, -0.05) is 0 Å². The molecule has 1 unspecified atom stereocenters. The van der Waals surface area contributed by atoms with Gasteiger partial charge < -0.3 is 10.6 Å². The van der Waals surface area contributed by atoms with Gasteiger partial charge in [0.05, 0.1) is 6.20 Å². The first-order chi connectivity index (χ1) is 9.31. The molecule has 2 N–H and O–H groups in total. The average molecular weight is 256 g/mol. The van der Waals surface area contributed by atoms with Crippen molar-refractivity contribution >= 4 is 11.6 Å². The van der Waals surface area contributed by atoms with Crippen LogP contribution in [0.15, 0.2) is 24.7 Å². The van der Waals surface area contributed by atoms with E-state index >= 15 is 0 Å². The second kappa shape index (κ2) is 5.27. The topological polar surface area (TPSA) is 75.6 Å². The number of anilines is 2. The molecule has 1 saturated heterocycles. The molecule has 2 aromatic heterocycles. The van der Waals surface area contributed by atoms with Crippen molar-refractivity contribution in [3.05, 3.63) is 36.2 Å². The fourth-order valence-electron chi connectivity index (χ4n) is 2.21. The van der Waals surface area contributed by atoms with E-state index in [1.54, 1.807) is 18.6 Å². The molecule has 6 heteroatoms. The Morgan fingerprint density at radius 2 is 2.21 bits per heavy atom. The third kappa shape index (κ3) is 2.85. The molecule has 3 heterocycles. The molecular weight excluding hydrogens is 240 g/mol. The molecule has 0 bridgehead atoms. The molecule has 2 aromatic rings. The van der Waals surface area contributed by atoms with E-state index in [-0.39, 0.29) is 0 Å². The van der Waals surface area contributed by atoms with Gasteiger partial charge in [0.1, 0.15) is 17.5 Å². The van der Waals surface area contributed by atoms with Gasteiger partial charge in [-0.05, 0) is 19.9 Å². The quantitative estimate of drug-likeness (QED) is 0.864. The van der Waals surface area contributed by atoms with Gasteiger partial charge >= 0.3 is 0 Å². The van der Waals surface area contributed by atoms with E-state index in [0.29, 0.717) is 11.7 Å². The summed E-state index contributed by atoms with van der Waals surface area (Å²) in [6.07, 6.45) is 6.06. The number of rotatable bonds is 3. The van der Waals surface area contributed by atoms with Crippen LogP contribution in [0.5, 0.6) is 0 Å². The highest BCUT2D eigenvalue weighted by Gasteiger charge is 2.20. The second-order valence-electron chi connectivity index (χ2n) is 4.66. The number of hydrogen-bond acceptors (Lipinski definition) is 6. The molecule has 19 heavy (non-hydrogen) atoms. The number of nitrogens with zero attached hydrogens (tertiary/aromatic N) is 4. The largest absolute Gasteiger partial charge is 0.324 e. The van der Waals surface area contributed by atoms with Crippen molar-refractivity contribution in [1.29, 1.82) is 0 Å². The van der Waals surface area contributed by atoms with E-state index in [9.17, 15) is 0 Å². The summed E-state index contributed by atoms with van der Waals surface area (Å²) in [7, 11) is 0. The number of nitrogens with one attached hydrogen (secondary N) is 2. The van der Waals surface area contributed by atoms with Crippen LogP contribution in [0.1, 0.15) is 23.9 Å². The lowest BCUT2D eigenvalue weighted by Gasteiger charge is -2.11. The zero-order valence-corrected chi connectivity index (χ0v) is 10.8. The van der Waals surface area contributed by atoms with Gasteiger partial charge in [-0.2, -0.15) is 0 Å². The molecule has 3 rings (SSSR count). The molecule has 1 fully saturated rings. The third-order valence-corrected chi connectivity index (χ3v) is 3.12. The van der Waals surface area contributed by atoms with Gasteiger partial charge in [0, 0.05) is 36.6 Å². The Labute approximate surface area is 111 Å². The first-order valence-corrected chi connectivity index (χ1v) is 6.40. The first kappa shape index (κ1) is 12.0. The highest BCUT2D eigenvalue weighted by Crippen LogP contribution is 2.21. The summed E-state index contributed by atoms with van der Waals surface area (Å²) < 4.78 is 0. The van der Waals surface area contributed by atoms with Crippen molar-refractivity contribution in [1.82, 2.24) is 25.3 Å². The van der Waals surface area contributed by atoms with E-state index in [0.717, 1.165) is 36.8 Å². The Bertz CT molecular complexity index is 550. The fraction of sp³-hybridized carbons (Fsp3) is 0.385. The van der Waals surface area contributed by atoms with Crippen molar-refractivity contribution in [3.63, 3.8) is 0 Å². The lowest BCUT2D eigenvalue weighted by Crippen LogP contribution is -2.11. The summed E-state index contributed by atoms with van der Waals surface area (Å²) in [6, 6.07) is 1.92. The molecule has 1 aliphatic heterocycles. The Balaban J connectivity index is 1.85. The summed E-state index contributed by atoms with van der Waals surface area (Å²) >= 11 is 0. The Hall–Kier alpha value is -2.08. The summed E-state index contributed by atoms with van der Waals surface area (Å²) in [5.74, 6) is 2.77. The second-order valence-corrected chi connectivity index (χ2v) is 4.66. The molecule has 0 amide bonds. The maximum Gasteiger partial charge on any atom is 0.150 e. The van der Waals surface area contributed by atoms with E-state index in [4.69, 9.17) is 0 Å². The predicted molar refractivity (Wildman–Crippen MR) is 72.3 cm³/mol. The Kier molecular flexibility index (Phi) is 3.33. The van der Waals surface area contributed by atoms with Crippen LogP contribution in [-0.4, -0.2) is 33.0 Å². The molecule has 1 atom stereocenters. The smallest absolute Gasteiger partial charge is 0.150 e. The maximum absolute atomic E-state index is 4.58. The fourth-order valence-corrected chi connectivity index (χ4v) is 2.21. The Morgan fingerprint density at radius 1 is 1.26 bits per heavy atom. The standard InChI is InChI=1S/C13H16N6/c1-9-6-11(18-12-8-15-4-5-16-12)19-13(17-9)10-2-3-14-7-10/h4-6,8,10,14H,2-3,7H2,1H3,(H,16,17,18,19). The Morgan fingerprint density at radius 3 is 2.95 bits per heavy atom. The van der Waals surface area contributed by atoms with E-state index in [2.05, 4.69) is 30.6 Å². The number of aryl methyl sites for hydroxylation is 1. The van der Waals surface area contributed by atoms with Crippen LogP contribution in [0.4, 0.5) is 11.6 Å².